The molecule has 2 nitrogen and oxygen atoms in total. The van der Waals surface area contributed by atoms with Crippen molar-refractivity contribution in [3.63, 3.8) is 0 Å². The van der Waals surface area contributed by atoms with Gasteiger partial charge in [-0.3, -0.25) is 0 Å². The average Bonchev–Trinajstić information content (AvgIpc) is 2.23. The third-order valence-electron chi connectivity index (χ3n) is 3.15. The van der Waals surface area contributed by atoms with Crippen LogP contribution in [-0.2, 0) is 0 Å². The lowest BCUT2D eigenvalue weighted by Gasteiger charge is -2.20. The summed E-state index contributed by atoms with van der Waals surface area (Å²) in [7, 11) is 0. The fourth-order valence-electron chi connectivity index (χ4n) is 1.84. The van der Waals surface area contributed by atoms with Crippen molar-refractivity contribution in [2.45, 2.75) is 65.3 Å². The van der Waals surface area contributed by atoms with Crippen molar-refractivity contribution in [3.8, 4) is 0 Å². The number of rotatable bonds is 10. The van der Waals surface area contributed by atoms with E-state index < -0.39 is 0 Å². The molecule has 16 heavy (non-hydrogen) atoms. The SMILES string of the molecule is C=C(C)NCCC(N)C(C)CCCCCC. The van der Waals surface area contributed by atoms with Gasteiger partial charge in [-0.15, -0.1) is 0 Å². The van der Waals surface area contributed by atoms with E-state index in [1.165, 1.54) is 32.1 Å². The summed E-state index contributed by atoms with van der Waals surface area (Å²) < 4.78 is 0. The fourth-order valence-corrected chi connectivity index (χ4v) is 1.84. The second kappa shape index (κ2) is 9.71. The smallest absolute Gasteiger partial charge is 0.0158 e. The van der Waals surface area contributed by atoms with E-state index in [-0.39, 0.29) is 0 Å². The Morgan fingerprint density at radius 1 is 1.25 bits per heavy atom. The molecule has 0 heterocycles. The van der Waals surface area contributed by atoms with Gasteiger partial charge in [0.2, 0.25) is 0 Å². The lowest BCUT2D eigenvalue weighted by molar-refractivity contribution is 0.387. The minimum Gasteiger partial charge on any atom is -0.389 e. The first kappa shape index (κ1) is 15.5. The van der Waals surface area contributed by atoms with Crippen LogP contribution in [0.4, 0.5) is 0 Å². The van der Waals surface area contributed by atoms with Gasteiger partial charge in [0.15, 0.2) is 0 Å². The number of nitrogens with two attached hydrogens (primary N) is 1. The highest BCUT2D eigenvalue weighted by molar-refractivity contribution is 4.84. The van der Waals surface area contributed by atoms with Gasteiger partial charge in [-0.25, -0.2) is 0 Å². The molecule has 0 aromatic heterocycles. The van der Waals surface area contributed by atoms with Crippen molar-refractivity contribution in [3.05, 3.63) is 12.3 Å². The van der Waals surface area contributed by atoms with Crippen LogP contribution in [0.25, 0.3) is 0 Å². The van der Waals surface area contributed by atoms with Crippen LogP contribution in [0.3, 0.4) is 0 Å². The maximum Gasteiger partial charge on any atom is 0.0158 e. The summed E-state index contributed by atoms with van der Waals surface area (Å²) in [5, 5.41) is 3.23. The van der Waals surface area contributed by atoms with Gasteiger partial charge in [-0.05, 0) is 25.7 Å². The van der Waals surface area contributed by atoms with Gasteiger partial charge in [0, 0.05) is 18.3 Å². The van der Waals surface area contributed by atoms with E-state index in [4.69, 9.17) is 5.73 Å². The Kier molecular flexibility index (Phi) is 9.40. The molecule has 0 rings (SSSR count). The standard InChI is InChI=1S/C14H30N2/c1-5-6-7-8-9-13(4)14(15)10-11-16-12(2)3/h13-14,16H,2,5-11,15H2,1,3-4H3. The second-order valence-corrected chi connectivity index (χ2v) is 4.99. The van der Waals surface area contributed by atoms with Crippen LogP contribution in [0.2, 0.25) is 0 Å². The maximum absolute atomic E-state index is 6.15. The summed E-state index contributed by atoms with van der Waals surface area (Å²) in [6.07, 6.45) is 7.67. The number of allylic oxidation sites excluding steroid dienone is 1. The van der Waals surface area contributed by atoms with E-state index in [0.29, 0.717) is 12.0 Å². The zero-order valence-corrected chi connectivity index (χ0v) is 11.4. The third kappa shape index (κ3) is 8.78. The van der Waals surface area contributed by atoms with Crippen molar-refractivity contribution in [2.75, 3.05) is 6.54 Å². The minimum atomic E-state index is 0.327. The van der Waals surface area contributed by atoms with E-state index in [1.54, 1.807) is 0 Å². The lowest BCUT2D eigenvalue weighted by atomic mass is 9.93. The van der Waals surface area contributed by atoms with Crippen LogP contribution >= 0.6 is 0 Å². The van der Waals surface area contributed by atoms with Crippen molar-refractivity contribution < 1.29 is 0 Å². The molecule has 0 aliphatic rings. The Labute approximate surface area is 102 Å². The molecule has 0 aromatic rings. The first-order valence-electron chi connectivity index (χ1n) is 6.72. The van der Waals surface area contributed by atoms with Crippen LogP contribution < -0.4 is 11.1 Å². The number of unbranched alkanes of at least 4 members (excludes halogenated alkanes) is 3. The monoisotopic (exact) mass is 226 g/mol. The molecule has 0 saturated heterocycles. The number of nitrogens with one attached hydrogen (secondary N) is 1. The summed E-state index contributed by atoms with van der Waals surface area (Å²) in [5.41, 5.74) is 7.18. The first-order valence-corrected chi connectivity index (χ1v) is 6.72. The summed E-state index contributed by atoms with van der Waals surface area (Å²) in [5.74, 6) is 0.642. The van der Waals surface area contributed by atoms with Crippen LogP contribution in [0.15, 0.2) is 12.3 Å². The molecule has 0 saturated carbocycles. The van der Waals surface area contributed by atoms with Crippen LogP contribution in [-0.4, -0.2) is 12.6 Å². The Hall–Kier alpha value is -0.500. The summed E-state index contributed by atoms with van der Waals surface area (Å²) in [6.45, 7) is 11.3. The van der Waals surface area contributed by atoms with Gasteiger partial charge < -0.3 is 11.1 Å². The molecule has 0 bridgehead atoms. The van der Waals surface area contributed by atoms with Crippen LogP contribution in [0.1, 0.15) is 59.3 Å². The quantitative estimate of drug-likeness (QED) is 0.560. The second-order valence-electron chi connectivity index (χ2n) is 4.99. The molecule has 2 atom stereocenters. The molecule has 96 valence electrons. The van der Waals surface area contributed by atoms with Gasteiger partial charge >= 0.3 is 0 Å². The van der Waals surface area contributed by atoms with Gasteiger partial charge in [0.25, 0.3) is 0 Å². The normalized spacial score (nSPS) is 14.5. The van der Waals surface area contributed by atoms with E-state index in [1.807, 2.05) is 6.92 Å². The lowest BCUT2D eigenvalue weighted by Crippen LogP contribution is -2.31. The molecule has 2 heteroatoms. The molecule has 0 spiro atoms. The third-order valence-corrected chi connectivity index (χ3v) is 3.15. The molecule has 2 unspecified atom stereocenters. The van der Waals surface area contributed by atoms with E-state index in [2.05, 4.69) is 25.7 Å². The predicted octanol–water partition coefficient (Wildman–Crippen LogP) is 3.43. The molecule has 0 aromatic carbocycles. The van der Waals surface area contributed by atoms with Crippen molar-refractivity contribution in [1.82, 2.24) is 5.32 Å². The highest BCUT2D eigenvalue weighted by Gasteiger charge is 2.11. The Balaban J connectivity index is 3.48. The van der Waals surface area contributed by atoms with Crippen molar-refractivity contribution >= 4 is 0 Å². The van der Waals surface area contributed by atoms with E-state index >= 15 is 0 Å². The molecular weight excluding hydrogens is 196 g/mol. The largest absolute Gasteiger partial charge is 0.389 e. The topological polar surface area (TPSA) is 38.0 Å². The summed E-state index contributed by atoms with van der Waals surface area (Å²) in [4.78, 5) is 0. The first-order chi connectivity index (χ1) is 7.57. The van der Waals surface area contributed by atoms with Crippen molar-refractivity contribution in [1.29, 1.82) is 0 Å². The van der Waals surface area contributed by atoms with Gasteiger partial charge in [-0.1, -0.05) is 46.1 Å². The van der Waals surface area contributed by atoms with Gasteiger partial charge in [0.05, 0.1) is 0 Å². The Bertz CT molecular complexity index is 178. The highest BCUT2D eigenvalue weighted by Crippen LogP contribution is 2.14. The Morgan fingerprint density at radius 3 is 2.50 bits per heavy atom. The number of hydrogen-bond donors (Lipinski definition) is 2. The van der Waals surface area contributed by atoms with Crippen molar-refractivity contribution in [2.24, 2.45) is 11.7 Å². The zero-order chi connectivity index (χ0) is 12.4. The fraction of sp³-hybridized carbons (Fsp3) is 0.857. The molecule has 0 radical (unpaired) electrons. The summed E-state index contributed by atoms with van der Waals surface area (Å²) >= 11 is 0. The van der Waals surface area contributed by atoms with Gasteiger partial charge in [0.1, 0.15) is 0 Å². The molecule has 0 aliphatic heterocycles. The number of hydrogen-bond acceptors (Lipinski definition) is 2. The van der Waals surface area contributed by atoms with E-state index in [9.17, 15) is 0 Å². The molecule has 0 fully saturated rings. The Morgan fingerprint density at radius 2 is 1.94 bits per heavy atom. The zero-order valence-electron chi connectivity index (χ0n) is 11.4. The summed E-state index contributed by atoms with van der Waals surface area (Å²) in [6, 6.07) is 0.327. The van der Waals surface area contributed by atoms with Crippen LogP contribution in [0.5, 0.6) is 0 Å². The highest BCUT2D eigenvalue weighted by atomic mass is 14.9. The average molecular weight is 226 g/mol. The molecule has 3 N–H and O–H groups in total. The van der Waals surface area contributed by atoms with Gasteiger partial charge in [-0.2, -0.15) is 0 Å². The molecule has 0 aliphatic carbocycles. The van der Waals surface area contributed by atoms with E-state index in [0.717, 1.165) is 18.7 Å². The minimum absolute atomic E-state index is 0.327. The molecular formula is C14H30N2. The predicted molar refractivity (Wildman–Crippen MR) is 73.3 cm³/mol. The molecule has 0 amide bonds. The van der Waals surface area contributed by atoms with Crippen LogP contribution in [0, 0.1) is 5.92 Å². The maximum atomic E-state index is 6.15.